The van der Waals surface area contributed by atoms with Crippen molar-refractivity contribution in [3.05, 3.63) is 58.6 Å². The molecule has 0 saturated heterocycles. The van der Waals surface area contributed by atoms with E-state index < -0.39 is 5.97 Å². The Morgan fingerprint density at radius 3 is 2.80 bits per heavy atom. The average Bonchev–Trinajstić information content (AvgIpc) is 2.92. The second-order valence-corrected chi connectivity index (χ2v) is 4.87. The van der Waals surface area contributed by atoms with Crippen LogP contribution in [0.15, 0.2) is 48.7 Å². The number of carbonyl (C=O) groups is 1. The van der Waals surface area contributed by atoms with Crippen molar-refractivity contribution in [3.8, 4) is 6.07 Å². The van der Waals surface area contributed by atoms with E-state index >= 15 is 0 Å². The number of nitriles is 1. The maximum Gasteiger partial charge on any atom is 0.347 e. The summed E-state index contributed by atoms with van der Waals surface area (Å²) in [5.41, 5.74) is 1.84. The van der Waals surface area contributed by atoms with Crippen LogP contribution in [0.2, 0.25) is 0 Å². The molecule has 0 aliphatic rings. The third-order valence-electron chi connectivity index (χ3n) is 2.49. The second-order valence-electron chi connectivity index (χ2n) is 3.84. The fraction of sp³-hybridized carbons (Fsp3) is 0.133. The fourth-order valence-corrected chi connectivity index (χ4v) is 2.19. The predicted molar refractivity (Wildman–Crippen MR) is 80.4 cm³/mol. The minimum atomic E-state index is -1.02. The lowest BCUT2D eigenvalue weighted by Gasteiger charge is -2.02. The van der Waals surface area contributed by atoms with E-state index in [1.807, 2.05) is 13.0 Å². The maximum atomic E-state index is 10.8. The topological polar surface area (TPSA) is 74.0 Å². The van der Waals surface area contributed by atoms with Crippen LogP contribution >= 0.6 is 11.3 Å². The molecule has 0 unspecified atom stereocenters. The highest BCUT2D eigenvalue weighted by Gasteiger charge is 2.11. The Balaban J connectivity index is 3.06. The summed E-state index contributed by atoms with van der Waals surface area (Å²) in [5.74, 6) is -1.02. The van der Waals surface area contributed by atoms with Crippen LogP contribution < -0.4 is 0 Å². The van der Waals surface area contributed by atoms with Crippen molar-refractivity contribution < 1.29 is 9.90 Å². The van der Waals surface area contributed by atoms with Gasteiger partial charge in [0.25, 0.3) is 0 Å². The molecule has 0 atom stereocenters. The highest BCUT2D eigenvalue weighted by molar-refractivity contribution is 7.14. The number of thiazole rings is 1. The number of aromatic carboxylic acids is 1. The van der Waals surface area contributed by atoms with Crippen LogP contribution in [0.4, 0.5) is 0 Å². The fourth-order valence-electron chi connectivity index (χ4n) is 1.49. The van der Waals surface area contributed by atoms with Gasteiger partial charge in [-0.3, -0.25) is 0 Å². The van der Waals surface area contributed by atoms with Gasteiger partial charge in [0.2, 0.25) is 0 Å². The molecule has 0 aliphatic heterocycles. The van der Waals surface area contributed by atoms with E-state index in [4.69, 9.17) is 5.11 Å². The highest BCUT2D eigenvalue weighted by atomic mass is 32.1. The van der Waals surface area contributed by atoms with Gasteiger partial charge in [-0.25, -0.2) is 9.78 Å². The second kappa shape index (κ2) is 7.22. The van der Waals surface area contributed by atoms with Gasteiger partial charge in [-0.05, 0) is 25.0 Å². The molecule has 0 saturated carbocycles. The Kier molecular flexibility index (Phi) is 5.63. The molecule has 1 rings (SSSR count). The molecule has 0 fully saturated rings. The first-order chi connectivity index (χ1) is 9.53. The first-order valence-corrected chi connectivity index (χ1v) is 6.61. The zero-order valence-electron chi connectivity index (χ0n) is 11.1. The van der Waals surface area contributed by atoms with Gasteiger partial charge in [0.05, 0.1) is 17.8 Å². The number of hydrogen-bond acceptors (Lipinski definition) is 4. The lowest BCUT2D eigenvalue weighted by Crippen LogP contribution is -1.89. The molecule has 1 heterocycles. The molecule has 0 spiro atoms. The standard InChI is InChI=1S/C15H14N2O2S/c1-4-6-11(5-2)12(8-16)7-10(3)14-17-9-13(20-14)15(18)19/h4-5,7,9H,1,3,6H2,2H3,(H,18,19)/b11-5-,12-7-. The quantitative estimate of drug-likeness (QED) is 0.490. The minimum absolute atomic E-state index is 0.144. The van der Waals surface area contributed by atoms with Gasteiger partial charge in [-0.1, -0.05) is 18.7 Å². The maximum absolute atomic E-state index is 10.8. The van der Waals surface area contributed by atoms with Gasteiger partial charge in [-0.2, -0.15) is 5.26 Å². The molecule has 0 aliphatic carbocycles. The Bertz CT molecular complexity index is 645. The normalized spacial score (nSPS) is 11.8. The molecule has 0 bridgehead atoms. The lowest BCUT2D eigenvalue weighted by molar-refractivity contribution is 0.0702. The summed E-state index contributed by atoms with van der Waals surface area (Å²) in [6, 6.07) is 2.11. The van der Waals surface area contributed by atoms with E-state index in [1.165, 1.54) is 6.20 Å². The zero-order valence-corrected chi connectivity index (χ0v) is 11.9. The minimum Gasteiger partial charge on any atom is -0.477 e. The Morgan fingerprint density at radius 1 is 1.65 bits per heavy atom. The number of aromatic nitrogens is 1. The monoisotopic (exact) mass is 286 g/mol. The largest absolute Gasteiger partial charge is 0.477 e. The van der Waals surface area contributed by atoms with Gasteiger partial charge in [0.1, 0.15) is 9.88 Å². The van der Waals surface area contributed by atoms with Crippen LogP contribution in [0.5, 0.6) is 0 Å². The van der Waals surface area contributed by atoms with Crippen LogP contribution in [0.3, 0.4) is 0 Å². The number of hydrogen-bond donors (Lipinski definition) is 1. The van der Waals surface area contributed by atoms with Crippen molar-refractivity contribution in [3.63, 3.8) is 0 Å². The molecule has 1 aromatic rings. The van der Waals surface area contributed by atoms with Crippen molar-refractivity contribution >= 4 is 22.9 Å². The zero-order chi connectivity index (χ0) is 15.1. The molecule has 4 nitrogen and oxygen atoms in total. The molecule has 1 N–H and O–H groups in total. The number of carboxylic acids is 1. The molecule has 102 valence electrons. The number of nitrogens with zero attached hydrogens (tertiary/aromatic N) is 2. The SMILES string of the molecule is C=CCC(=C/C)/C(C#N)=C\C(=C)c1ncc(C(=O)O)s1. The van der Waals surface area contributed by atoms with E-state index in [9.17, 15) is 10.1 Å². The summed E-state index contributed by atoms with van der Waals surface area (Å²) < 4.78 is 0. The molecule has 20 heavy (non-hydrogen) atoms. The van der Waals surface area contributed by atoms with Crippen molar-refractivity contribution in [2.24, 2.45) is 0 Å². The summed E-state index contributed by atoms with van der Waals surface area (Å²) in [7, 11) is 0. The Hall–Kier alpha value is -2.45. The molecule has 0 radical (unpaired) electrons. The van der Waals surface area contributed by atoms with Crippen LogP contribution in [0.25, 0.3) is 5.57 Å². The van der Waals surface area contributed by atoms with Crippen molar-refractivity contribution in [2.75, 3.05) is 0 Å². The van der Waals surface area contributed by atoms with E-state index in [-0.39, 0.29) is 4.88 Å². The Labute approximate surface area is 121 Å². The summed E-state index contributed by atoms with van der Waals surface area (Å²) in [6.07, 6.45) is 7.04. The highest BCUT2D eigenvalue weighted by Crippen LogP contribution is 2.24. The van der Waals surface area contributed by atoms with E-state index in [2.05, 4.69) is 24.2 Å². The first-order valence-electron chi connectivity index (χ1n) is 5.80. The van der Waals surface area contributed by atoms with Gasteiger partial charge < -0.3 is 5.11 Å². The molecule has 5 heteroatoms. The third-order valence-corrected chi connectivity index (χ3v) is 3.55. The van der Waals surface area contributed by atoms with Gasteiger partial charge in [0.15, 0.2) is 0 Å². The van der Waals surface area contributed by atoms with Gasteiger partial charge >= 0.3 is 5.97 Å². The summed E-state index contributed by atoms with van der Waals surface area (Å²) in [5, 5.41) is 18.5. The Morgan fingerprint density at radius 2 is 2.35 bits per heavy atom. The van der Waals surface area contributed by atoms with Crippen molar-refractivity contribution in [1.82, 2.24) is 4.98 Å². The van der Waals surface area contributed by atoms with Crippen molar-refractivity contribution in [2.45, 2.75) is 13.3 Å². The molecule has 0 aromatic carbocycles. The number of allylic oxidation sites excluding steroid dienone is 6. The first kappa shape index (κ1) is 15.6. The molecule has 0 amide bonds. The average molecular weight is 286 g/mol. The smallest absolute Gasteiger partial charge is 0.347 e. The summed E-state index contributed by atoms with van der Waals surface area (Å²) in [4.78, 5) is 15.0. The van der Waals surface area contributed by atoms with E-state index in [0.717, 1.165) is 16.9 Å². The van der Waals surface area contributed by atoms with Crippen LogP contribution in [0.1, 0.15) is 28.0 Å². The van der Waals surface area contributed by atoms with Gasteiger partial charge in [0, 0.05) is 5.57 Å². The van der Waals surface area contributed by atoms with Crippen molar-refractivity contribution in [1.29, 1.82) is 5.26 Å². The predicted octanol–water partition coefficient (Wildman–Crippen LogP) is 3.83. The van der Waals surface area contributed by atoms with Crippen LogP contribution in [-0.4, -0.2) is 16.1 Å². The lowest BCUT2D eigenvalue weighted by atomic mass is 10.0. The molecular formula is C15H14N2O2S. The van der Waals surface area contributed by atoms with E-state index in [0.29, 0.717) is 22.6 Å². The summed E-state index contributed by atoms with van der Waals surface area (Å²) >= 11 is 1.03. The third kappa shape index (κ3) is 3.77. The van der Waals surface area contributed by atoms with Crippen LogP contribution in [0, 0.1) is 11.3 Å². The van der Waals surface area contributed by atoms with Crippen LogP contribution in [-0.2, 0) is 0 Å². The molecule has 1 aromatic heterocycles. The number of rotatable bonds is 6. The summed E-state index contributed by atoms with van der Waals surface area (Å²) in [6.45, 7) is 9.33. The molecular weight excluding hydrogens is 272 g/mol. The number of carboxylic acid groups (broad SMARTS) is 1. The van der Waals surface area contributed by atoms with E-state index in [1.54, 1.807) is 12.2 Å². The van der Waals surface area contributed by atoms with Gasteiger partial charge in [-0.15, -0.1) is 17.9 Å².